The summed E-state index contributed by atoms with van der Waals surface area (Å²) in [6, 6.07) is 13.8. The Balaban J connectivity index is 2.02. The number of hydrogen-bond acceptors (Lipinski definition) is 4. The molecule has 0 atom stereocenters. The summed E-state index contributed by atoms with van der Waals surface area (Å²) in [5.74, 6) is 0.401. The lowest BCUT2D eigenvalue weighted by Crippen LogP contribution is -2.22. The maximum Gasteiger partial charge on any atom is 0.279 e. The molecular formula is C22H16Cl3N3O2. The van der Waals surface area contributed by atoms with Crippen molar-refractivity contribution in [3.63, 3.8) is 0 Å². The Kier molecular flexibility index (Phi) is 5.69. The molecule has 30 heavy (non-hydrogen) atoms. The van der Waals surface area contributed by atoms with Crippen molar-refractivity contribution in [3.8, 4) is 22.8 Å². The van der Waals surface area contributed by atoms with Gasteiger partial charge in [0.05, 0.1) is 32.9 Å². The van der Waals surface area contributed by atoms with E-state index >= 15 is 0 Å². The number of hydrogen-bond donors (Lipinski definition) is 0. The van der Waals surface area contributed by atoms with Crippen molar-refractivity contribution >= 4 is 45.6 Å². The summed E-state index contributed by atoms with van der Waals surface area (Å²) in [6.07, 6.45) is 1.52. The highest BCUT2D eigenvalue weighted by molar-refractivity contribution is 6.43. The van der Waals surface area contributed by atoms with E-state index in [2.05, 4.69) is 10.1 Å². The highest BCUT2D eigenvalue weighted by atomic mass is 35.5. The van der Waals surface area contributed by atoms with Gasteiger partial charge in [-0.3, -0.25) is 4.79 Å². The van der Waals surface area contributed by atoms with Crippen LogP contribution in [0.2, 0.25) is 15.1 Å². The van der Waals surface area contributed by atoms with Crippen molar-refractivity contribution in [1.82, 2.24) is 14.8 Å². The van der Waals surface area contributed by atoms with Crippen LogP contribution < -0.4 is 10.3 Å². The third-order valence-corrected chi connectivity index (χ3v) is 5.35. The molecule has 0 radical (unpaired) electrons. The molecular weight excluding hydrogens is 445 g/mol. The van der Waals surface area contributed by atoms with E-state index in [4.69, 9.17) is 39.5 Å². The summed E-state index contributed by atoms with van der Waals surface area (Å²) in [4.78, 5) is 17.5. The van der Waals surface area contributed by atoms with Crippen LogP contribution in [0.25, 0.3) is 27.7 Å². The lowest BCUT2D eigenvalue weighted by atomic mass is 10.0. The van der Waals surface area contributed by atoms with Crippen LogP contribution in [0.3, 0.4) is 0 Å². The molecule has 8 heteroatoms. The van der Waals surface area contributed by atoms with E-state index < -0.39 is 0 Å². The van der Waals surface area contributed by atoms with Crippen molar-refractivity contribution < 1.29 is 4.74 Å². The molecule has 0 aliphatic rings. The summed E-state index contributed by atoms with van der Waals surface area (Å²) in [5, 5.41) is 6.86. The molecule has 5 nitrogen and oxygen atoms in total. The lowest BCUT2D eigenvalue weighted by Gasteiger charge is -2.14. The monoisotopic (exact) mass is 459 g/mol. The first-order valence-electron chi connectivity index (χ1n) is 9.14. The molecule has 0 fully saturated rings. The van der Waals surface area contributed by atoms with Gasteiger partial charge in [0.1, 0.15) is 0 Å². The molecule has 0 N–H and O–H groups in total. The summed E-state index contributed by atoms with van der Waals surface area (Å²) in [5.41, 5.74) is 1.55. The predicted molar refractivity (Wildman–Crippen MR) is 121 cm³/mol. The topological polar surface area (TPSA) is 57.0 Å². The Labute approximate surface area is 187 Å². The fourth-order valence-electron chi connectivity index (χ4n) is 3.07. The Morgan fingerprint density at radius 2 is 1.60 bits per heavy atom. The van der Waals surface area contributed by atoms with E-state index in [1.54, 1.807) is 42.6 Å². The van der Waals surface area contributed by atoms with E-state index in [9.17, 15) is 4.79 Å². The molecule has 2 aromatic heterocycles. The van der Waals surface area contributed by atoms with Gasteiger partial charge >= 0.3 is 0 Å². The minimum absolute atomic E-state index is 0.0559. The van der Waals surface area contributed by atoms with Crippen LogP contribution in [0.5, 0.6) is 5.88 Å². The Morgan fingerprint density at radius 1 is 0.933 bits per heavy atom. The molecule has 0 unspecified atom stereocenters. The predicted octanol–water partition coefficient (Wildman–Crippen LogP) is 6.20. The van der Waals surface area contributed by atoms with Crippen LogP contribution in [0.4, 0.5) is 0 Å². The van der Waals surface area contributed by atoms with Crippen LogP contribution in [0, 0.1) is 0 Å². The number of benzene rings is 2. The van der Waals surface area contributed by atoms with Gasteiger partial charge in [0, 0.05) is 28.2 Å². The summed E-state index contributed by atoms with van der Waals surface area (Å²) in [7, 11) is 0. The molecule has 0 aliphatic heterocycles. The fourth-order valence-corrected chi connectivity index (χ4v) is 3.52. The number of ether oxygens (including phenoxy) is 1. The molecule has 152 valence electrons. The van der Waals surface area contributed by atoms with E-state index in [0.717, 1.165) is 5.56 Å². The number of nitrogens with zero attached hydrogens (tertiary/aromatic N) is 3. The third kappa shape index (κ3) is 4.01. The van der Waals surface area contributed by atoms with E-state index in [1.165, 1.54) is 4.68 Å². The molecule has 2 heterocycles. The van der Waals surface area contributed by atoms with Crippen molar-refractivity contribution in [2.75, 3.05) is 0 Å². The molecule has 0 spiro atoms. The second-order valence-electron chi connectivity index (χ2n) is 6.90. The highest BCUT2D eigenvalue weighted by Gasteiger charge is 2.16. The number of fused-ring (bicyclic) bond motifs is 1. The fraction of sp³-hybridized carbons (Fsp3) is 0.136. The largest absolute Gasteiger partial charge is 0.475 e. The summed E-state index contributed by atoms with van der Waals surface area (Å²) in [6.45, 7) is 3.80. The van der Waals surface area contributed by atoms with Crippen LogP contribution in [0.15, 0.2) is 59.5 Å². The summed E-state index contributed by atoms with van der Waals surface area (Å²) >= 11 is 18.5. The van der Waals surface area contributed by atoms with E-state index in [1.807, 2.05) is 26.0 Å². The number of aromatic nitrogens is 3. The lowest BCUT2D eigenvalue weighted by molar-refractivity contribution is 0.232. The molecule has 0 saturated carbocycles. The minimum Gasteiger partial charge on any atom is -0.475 e. The second-order valence-corrected chi connectivity index (χ2v) is 8.15. The molecule has 4 aromatic rings. The van der Waals surface area contributed by atoms with Crippen LogP contribution >= 0.6 is 34.8 Å². The van der Waals surface area contributed by atoms with Crippen LogP contribution in [0.1, 0.15) is 13.8 Å². The van der Waals surface area contributed by atoms with Crippen LogP contribution in [-0.4, -0.2) is 20.9 Å². The van der Waals surface area contributed by atoms with Crippen molar-refractivity contribution in [2.45, 2.75) is 20.0 Å². The van der Waals surface area contributed by atoms with Gasteiger partial charge in [-0.25, -0.2) is 4.98 Å². The van der Waals surface area contributed by atoms with Gasteiger partial charge in [0.2, 0.25) is 5.88 Å². The highest BCUT2D eigenvalue weighted by Crippen LogP contribution is 2.32. The van der Waals surface area contributed by atoms with Gasteiger partial charge in [-0.05, 0) is 44.2 Å². The quantitative estimate of drug-likeness (QED) is 0.364. The molecule has 0 amide bonds. The number of pyridine rings is 1. The minimum atomic E-state index is -0.331. The SMILES string of the molecule is CC(C)Oc1cc(-n2nc(-c3ccc(Cl)cc3)c3cc(Cl)c(Cl)cc3c2=O)ccn1. The van der Waals surface area contributed by atoms with Crippen molar-refractivity contribution in [1.29, 1.82) is 0 Å². The van der Waals surface area contributed by atoms with Gasteiger partial charge in [0.15, 0.2) is 0 Å². The second kappa shape index (κ2) is 8.26. The van der Waals surface area contributed by atoms with E-state index in [0.29, 0.717) is 43.1 Å². The average Bonchev–Trinajstić information content (AvgIpc) is 2.70. The first-order chi connectivity index (χ1) is 14.3. The first kappa shape index (κ1) is 20.7. The van der Waals surface area contributed by atoms with Gasteiger partial charge in [-0.2, -0.15) is 9.78 Å². The Morgan fingerprint density at radius 3 is 2.27 bits per heavy atom. The van der Waals surface area contributed by atoms with E-state index in [-0.39, 0.29) is 11.7 Å². The van der Waals surface area contributed by atoms with Gasteiger partial charge in [0.25, 0.3) is 5.56 Å². The zero-order valence-corrected chi connectivity index (χ0v) is 18.3. The zero-order chi connectivity index (χ0) is 21.4. The average molecular weight is 461 g/mol. The molecule has 0 bridgehead atoms. The number of halogens is 3. The first-order valence-corrected chi connectivity index (χ1v) is 10.3. The zero-order valence-electron chi connectivity index (χ0n) is 16.1. The maximum absolute atomic E-state index is 13.3. The van der Waals surface area contributed by atoms with Crippen molar-refractivity contribution in [3.05, 3.63) is 80.1 Å². The van der Waals surface area contributed by atoms with Gasteiger partial charge < -0.3 is 4.74 Å². The number of rotatable bonds is 4. The molecule has 2 aromatic carbocycles. The Hall–Kier alpha value is -2.60. The molecule has 0 aliphatic carbocycles. The van der Waals surface area contributed by atoms with Crippen molar-refractivity contribution in [2.24, 2.45) is 0 Å². The van der Waals surface area contributed by atoms with Crippen LogP contribution in [-0.2, 0) is 0 Å². The standard InChI is InChI=1S/C22H16Cl3N3O2/c1-12(2)30-20-9-15(7-8-26-20)28-22(29)17-11-19(25)18(24)10-16(17)21(27-28)13-3-5-14(23)6-4-13/h3-12H,1-2H3. The smallest absolute Gasteiger partial charge is 0.279 e. The molecule has 4 rings (SSSR count). The normalized spacial score (nSPS) is 11.3. The summed E-state index contributed by atoms with van der Waals surface area (Å²) < 4.78 is 6.97. The molecule has 0 saturated heterocycles. The van der Waals surface area contributed by atoms with Gasteiger partial charge in [-0.1, -0.05) is 46.9 Å². The Bertz CT molecular complexity index is 1300. The van der Waals surface area contributed by atoms with Gasteiger partial charge in [-0.15, -0.1) is 0 Å². The maximum atomic E-state index is 13.3. The third-order valence-electron chi connectivity index (χ3n) is 4.38.